The molecule has 1 aliphatic heterocycles. The number of benzene rings is 2. The Balaban J connectivity index is 1.87. The van der Waals surface area contributed by atoms with Crippen LogP contribution in [-0.2, 0) is 16.4 Å². The Morgan fingerprint density at radius 2 is 1.90 bits per heavy atom. The van der Waals surface area contributed by atoms with Gasteiger partial charge < -0.3 is 0 Å². The van der Waals surface area contributed by atoms with Crippen molar-refractivity contribution in [2.75, 3.05) is 10.8 Å². The Morgan fingerprint density at radius 1 is 1.14 bits per heavy atom. The first-order valence-electron chi connectivity index (χ1n) is 9.95. The number of fused-ring (bicyclic) bond motifs is 2. The van der Waals surface area contributed by atoms with Gasteiger partial charge in [0, 0.05) is 22.6 Å². The smallest absolute Gasteiger partial charge is 0.266 e. The molecule has 29 heavy (non-hydrogen) atoms. The van der Waals surface area contributed by atoms with E-state index in [-0.39, 0.29) is 4.90 Å². The van der Waals surface area contributed by atoms with Crippen molar-refractivity contribution in [3.8, 4) is 0 Å². The van der Waals surface area contributed by atoms with Gasteiger partial charge >= 0.3 is 0 Å². The van der Waals surface area contributed by atoms with Crippen LogP contribution in [0.3, 0.4) is 0 Å². The van der Waals surface area contributed by atoms with Crippen molar-refractivity contribution in [3.63, 3.8) is 0 Å². The molecule has 2 aromatic carbocycles. The number of aromatic nitrogens is 1. The van der Waals surface area contributed by atoms with Crippen molar-refractivity contribution in [2.45, 2.75) is 42.8 Å². The molecule has 0 N–H and O–H groups in total. The standard InChI is InChI=1S/C22H24BrN2O2SSi/c1-3-29(4-2)19-14-17-13-18(23)10-11-20(17)25(15-19)28(26,27)21-9-5-7-16-8-6-12-24-22(16)21/h5-13,19H,3-4,14-15H2,1-2H3. The summed E-state index contributed by atoms with van der Waals surface area (Å²) in [6.07, 6.45) is 2.60. The highest BCUT2D eigenvalue weighted by Crippen LogP contribution is 2.40. The van der Waals surface area contributed by atoms with Crippen molar-refractivity contribution in [1.29, 1.82) is 0 Å². The van der Waals surface area contributed by atoms with Gasteiger partial charge in [-0.1, -0.05) is 60.1 Å². The van der Waals surface area contributed by atoms with Crippen molar-refractivity contribution in [1.82, 2.24) is 4.98 Å². The number of pyridine rings is 1. The van der Waals surface area contributed by atoms with E-state index < -0.39 is 18.8 Å². The molecule has 0 aliphatic carbocycles. The molecule has 0 bridgehead atoms. The predicted octanol–water partition coefficient (Wildman–Crippen LogP) is 5.65. The van der Waals surface area contributed by atoms with Crippen LogP contribution in [0, 0.1) is 0 Å². The Kier molecular flexibility index (Phi) is 5.82. The number of rotatable bonds is 5. The maximum atomic E-state index is 13.9. The van der Waals surface area contributed by atoms with Gasteiger partial charge in [0.2, 0.25) is 0 Å². The molecular formula is C22H24BrN2O2SSi. The summed E-state index contributed by atoms with van der Waals surface area (Å²) in [6.45, 7) is 5.03. The summed E-state index contributed by atoms with van der Waals surface area (Å²) in [5.41, 5.74) is 2.84. The van der Waals surface area contributed by atoms with E-state index in [9.17, 15) is 8.42 Å². The first kappa shape index (κ1) is 20.6. The number of nitrogens with zero attached hydrogens (tertiary/aromatic N) is 2. The Bertz CT molecular complexity index is 1140. The summed E-state index contributed by atoms with van der Waals surface area (Å²) < 4.78 is 30.4. The van der Waals surface area contributed by atoms with E-state index in [1.54, 1.807) is 22.6 Å². The maximum absolute atomic E-state index is 13.9. The molecule has 0 fully saturated rings. The lowest BCUT2D eigenvalue weighted by molar-refractivity contribution is 0.586. The van der Waals surface area contributed by atoms with Crippen LogP contribution in [0.1, 0.15) is 19.4 Å². The molecule has 1 aliphatic rings. The van der Waals surface area contributed by atoms with Crippen LogP contribution in [0.25, 0.3) is 10.9 Å². The summed E-state index contributed by atoms with van der Waals surface area (Å²) in [5.74, 6) is 0. The van der Waals surface area contributed by atoms with Gasteiger partial charge in [-0.25, -0.2) is 8.42 Å². The van der Waals surface area contributed by atoms with Gasteiger partial charge in [-0.05, 0) is 47.9 Å². The molecule has 0 saturated carbocycles. The molecule has 7 heteroatoms. The third kappa shape index (κ3) is 3.76. The van der Waals surface area contributed by atoms with Gasteiger partial charge in [0.15, 0.2) is 0 Å². The average Bonchev–Trinajstić information content (AvgIpc) is 2.73. The fourth-order valence-corrected chi connectivity index (χ4v) is 9.18. The Labute approximate surface area is 182 Å². The molecule has 1 aromatic heterocycles. The van der Waals surface area contributed by atoms with Gasteiger partial charge in [-0.15, -0.1) is 0 Å². The number of hydrogen-bond donors (Lipinski definition) is 0. The third-order valence-corrected chi connectivity index (χ3v) is 11.5. The maximum Gasteiger partial charge on any atom is 0.266 e. The second-order valence-electron chi connectivity index (χ2n) is 7.41. The van der Waals surface area contributed by atoms with Gasteiger partial charge in [-0.2, -0.15) is 0 Å². The summed E-state index contributed by atoms with van der Waals surface area (Å²) in [7, 11) is -4.36. The van der Waals surface area contributed by atoms with E-state index in [1.165, 1.54) is 0 Å². The van der Waals surface area contributed by atoms with Crippen LogP contribution in [0.15, 0.2) is 64.1 Å². The number of halogens is 1. The number of hydrogen-bond acceptors (Lipinski definition) is 3. The molecule has 0 amide bonds. The largest absolute Gasteiger partial charge is 0.266 e. The van der Waals surface area contributed by atoms with Crippen LogP contribution in [-0.4, -0.2) is 28.7 Å². The minimum absolute atomic E-state index is 0.284. The van der Waals surface area contributed by atoms with Crippen molar-refractivity contribution < 1.29 is 8.42 Å². The zero-order valence-corrected chi connectivity index (χ0v) is 20.0. The average molecular weight is 489 g/mol. The highest BCUT2D eigenvalue weighted by atomic mass is 79.9. The molecule has 2 heterocycles. The molecule has 4 nitrogen and oxygen atoms in total. The molecule has 151 valence electrons. The molecule has 1 atom stereocenters. The third-order valence-electron chi connectivity index (χ3n) is 5.81. The monoisotopic (exact) mass is 487 g/mol. The van der Waals surface area contributed by atoms with Crippen molar-refractivity contribution in [3.05, 3.63) is 64.8 Å². The minimum Gasteiger partial charge on any atom is -0.266 e. The second-order valence-corrected chi connectivity index (χ2v) is 13.7. The molecule has 1 unspecified atom stereocenters. The summed E-state index contributed by atoms with van der Waals surface area (Å²) in [4.78, 5) is 4.68. The van der Waals surface area contributed by atoms with Crippen molar-refractivity contribution >= 4 is 51.3 Å². The van der Waals surface area contributed by atoms with E-state index in [2.05, 4.69) is 40.8 Å². The van der Waals surface area contributed by atoms with Crippen molar-refractivity contribution in [2.24, 2.45) is 0 Å². The minimum atomic E-state index is -3.73. The van der Waals surface area contributed by atoms with E-state index in [1.807, 2.05) is 30.3 Å². The van der Waals surface area contributed by atoms with E-state index in [4.69, 9.17) is 0 Å². The second kappa shape index (κ2) is 8.20. The first-order chi connectivity index (χ1) is 14.0. The molecule has 1 radical (unpaired) electrons. The predicted molar refractivity (Wildman–Crippen MR) is 125 cm³/mol. The summed E-state index contributed by atoms with van der Waals surface area (Å²) in [5, 5.41) is 0.838. The van der Waals surface area contributed by atoms with Crippen LogP contribution in [0.5, 0.6) is 0 Å². The van der Waals surface area contributed by atoms with Crippen LogP contribution < -0.4 is 4.31 Å². The Hall–Kier alpha value is -1.70. The number of sulfonamides is 1. The highest BCUT2D eigenvalue weighted by molar-refractivity contribution is 9.10. The molecule has 0 spiro atoms. The fourth-order valence-electron chi connectivity index (χ4n) is 4.32. The highest BCUT2D eigenvalue weighted by Gasteiger charge is 2.37. The van der Waals surface area contributed by atoms with Crippen LogP contribution in [0.4, 0.5) is 5.69 Å². The zero-order valence-electron chi connectivity index (χ0n) is 16.6. The van der Waals surface area contributed by atoms with E-state index in [0.29, 0.717) is 17.6 Å². The molecule has 0 saturated heterocycles. The quantitative estimate of drug-likeness (QED) is 0.436. The fraction of sp³-hybridized carbons (Fsp3) is 0.318. The van der Waals surface area contributed by atoms with Gasteiger partial charge in [0.25, 0.3) is 10.0 Å². The SMILES string of the molecule is CC[Si](CC)C1Cc2cc(Br)ccc2N(S(=O)(=O)c2cccc3cccnc23)C1. The Morgan fingerprint density at radius 3 is 2.66 bits per heavy atom. The van der Waals surface area contributed by atoms with Gasteiger partial charge in [0.1, 0.15) is 4.90 Å². The summed E-state index contributed by atoms with van der Waals surface area (Å²) >= 11 is 3.56. The van der Waals surface area contributed by atoms with E-state index >= 15 is 0 Å². The van der Waals surface area contributed by atoms with Gasteiger partial charge in [-0.3, -0.25) is 9.29 Å². The molecule has 4 rings (SSSR count). The normalized spacial score (nSPS) is 17.0. The number of anilines is 1. The van der Waals surface area contributed by atoms with E-state index in [0.717, 1.165) is 39.6 Å². The van der Waals surface area contributed by atoms with Crippen LogP contribution in [0.2, 0.25) is 17.6 Å². The lowest BCUT2D eigenvalue weighted by Crippen LogP contribution is -2.42. The first-order valence-corrected chi connectivity index (χ1v) is 14.2. The zero-order chi connectivity index (χ0) is 20.6. The molecular weight excluding hydrogens is 464 g/mol. The van der Waals surface area contributed by atoms with Crippen LogP contribution >= 0.6 is 15.9 Å². The number of para-hydroxylation sites is 1. The lowest BCUT2D eigenvalue weighted by atomic mass is 10.0. The lowest BCUT2D eigenvalue weighted by Gasteiger charge is -2.38. The van der Waals surface area contributed by atoms with Gasteiger partial charge in [0.05, 0.1) is 20.0 Å². The summed E-state index contributed by atoms with van der Waals surface area (Å²) in [6, 6.07) is 17.4. The topological polar surface area (TPSA) is 50.3 Å². The molecule has 3 aromatic rings.